The summed E-state index contributed by atoms with van der Waals surface area (Å²) in [5.74, 6) is 0.725. The van der Waals surface area contributed by atoms with Gasteiger partial charge in [-0.1, -0.05) is 27.7 Å². The quantitative estimate of drug-likeness (QED) is 0.662. The highest BCUT2D eigenvalue weighted by Crippen LogP contribution is 2.13. The van der Waals surface area contributed by atoms with E-state index >= 15 is 0 Å². The van der Waals surface area contributed by atoms with E-state index < -0.39 is 0 Å². The Kier molecular flexibility index (Phi) is 5.51. The highest BCUT2D eigenvalue weighted by Gasteiger charge is 2.16. The molecule has 0 atom stereocenters. The van der Waals surface area contributed by atoms with Crippen molar-refractivity contribution in [2.45, 2.75) is 27.7 Å². The van der Waals surface area contributed by atoms with Crippen LogP contribution in [0.4, 0.5) is 0 Å². The SMILES string of the molecule is COCC(C)(C)CNCC(C)C. The molecule has 0 fully saturated rings. The molecule has 0 heterocycles. The van der Waals surface area contributed by atoms with Crippen LogP contribution in [0.2, 0.25) is 0 Å². The Bertz CT molecular complexity index is 110. The highest BCUT2D eigenvalue weighted by atomic mass is 16.5. The minimum atomic E-state index is 0.254. The van der Waals surface area contributed by atoms with Crippen LogP contribution in [0.3, 0.4) is 0 Å². The molecule has 0 rings (SSSR count). The van der Waals surface area contributed by atoms with Crippen LogP contribution in [0, 0.1) is 11.3 Å². The Labute approximate surface area is 76.7 Å². The van der Waals surface area contributed by atoms with Crippen LogP contribution < -0.4 is 5.32 Å². The van der Waals surface area contributed by atoms with Crippen molar-refractivity contribution < 1.29 is 4.74 Å². The summed E-state index contributed by atoms with van der Waals surface area (Å²) in [5.41, 5.74) is 0.254. The molecule has 2 nitrogen and oxygen atoms in total. The molecule has 1 N–H and O–H groups in total. The van der Waals surface area contributed by atoms with Crippen molar-refractivity contribution in [3.05, 3.63) is 0 Å². The fourth-order valence-electron chi connectivity index (χ4n) is 1.14. The molecule has 0 aliphatic carbocycles. The summed E-state index contributed by atoms with van der Waals surface area (Å²) >= 11 is 0. The van der Waals surface area contributed by atoms with E-state index in [1.807, 2.05) is 0 Å². The predicted octanol–water partition coefficient (Wildman–Crippen LogP) is 1.90. The van der Waals surface area contributed by atoms with Gasteiger partial charge in [0.15, 0.2) is 0 Å². The number of methoxy groups -OCH3 is 1. The maximum absolute atomic E-state index is 5.12. The van der Waals surface area contributed by atoms with Gasteiger partial charge in [-0.25, -0.2) is 0 Å². The second-order valence-electron chi connectivity index (χ2n) is 4.62. The molecule has 12 heavy (non-hydrogen) atoms. The van der Waals surface area contributed by atoms with Gasteiger partial charge in [-0.05, 0) is 12.5 Å². The summed E-state index contributed by atoms with van der Waals surface area (Å²) in [6.07, 6.45) is 0. The lowest BCUT2D eigenvalue weighted by atomic mass is 9.95. The van der Waals surface area contributed by atoms with Crippen molar-refractivity contribution in [1.82, 2.24) is 5.32 Å². The third-order valence-corrected chi connectivity index (χ3v) is 1.69. The van der Waals surface area contributed by atoms with Crippen molar-refractivity contribution in [2.24, 2.45) is 11.3 Å². The molecule has 0 unspecified atom stereocenters. The molecule has 0 saturated carbocycles. The van der Waals surface area contributed by atoms with Crippen molar-refractivity contribution in [3.63, 3.8) is 0 Å². The number of rotatable bonds is 6. The van der Waals surface area contributed by atoms with E-state index in [9.17, 15) is 0 Å². The van der Waals surface area contributed by atoms with E-state index in [4.69, 9.17) is 4.74 Å². The molecule has 0 aliphatic heterocycles. The van der Waals surface area contributed by atoms with Gasteiger partial charge in [0.05, 0.1) is 6.61 Å². The third kappa shape index (κ3) is 6.62. The molecule has 0 aromatic rings. The normalized spacial score (nSPS) is 12.5. The van der Waals surface area contributed by atoms with Crippen LogP contribution in [0.5, 0.6) is 0 Å². The maximum Gasteiger partial charge on any atom is 0.0525 e. The van der Waals surface area contributed by atoms with Gasteiger partial charge in [0, 0.05) is 19.1 Å². The molecular formula is C10H23NO. The summed E-state index contributed by atoms with van der Waals surface area (Å²) in [4.78, 5) is 0. The van der Waals surface area contributed by atoms with Gasteiger partial charge in [0.1, 0.15) is 0 Å². The van der Waals surface area contributed by atoms with Gasteiger partial charge in [-0.2, -0.15) is 0 Å². The van der Waals surface area contributed by atoms with Crippen molar-refractivity contribution in [3.8, 4) is 0 Å². The van der Waals surface area contributed by atoms with Crippen molar-refractivity contribution in [2.75, 3.05) is 26.8 Å². The molecular weight excluding hydrogens is 150 g/mol. The first kappa shape index (κ1) is 11.9. The summed E-state index contributed by atoms with van der Waals surface area (Å²) in [7, 11) is 1.75. The molecule has 0 radical (unpaired) electrons. The van der Waals surface area contributed by atoms with Crippen molar-refractivity contribution in [1.29, 1.82) is 0 Å². The Morgan fingerprint density at radius 3 is 2.33 bits per heavy atom. The Hall–Kier alpha value is -0.0800. The standard InChI is InChI=1S/C10H23NO/c1-9(2)6-11-7-10(3,4)8-12-5/h9,11H,6-8H2,1-5H3. The van der Waals surface area contributed by atoms with Crippen LogP contribution in [-0.4, -0.2) is 26.8 Å². The number of ether oxygens (including phenoxy) is 1. The first-order valence-electron chi connectivity index (χ1n) is 4.67. The monoisotopic (exact) mass is 173 g/mol. The van der Waals surface area contributed by atoms with E-state index in [2.05, 4.69) is 33.0 Å². The van der Waals surface area contributed by atoms with Crippen LogP contribution in [0.25, 0.3) is 0 Å². The van der Waals surface area contributed by atoms with E-state index in [1.165, 1.54) is 0 Å². The van der Waals surface area contributed by atoms with Gasteiger partial charge in [-0.3, -0.25) is 0 Å². The fourth-order valence-corrected chi connectivity index (χ4v) is 1.14. The van der Waals surface area contributed by atoms with Crippen LogP contribution in [0.1, 0.15) is 27.7 Å². The zero-order valence-electron chi connectivity index (χ0n) is 9.11. The lowest BCUT2D eigenvalue weighted by Gasteiger charge is -2.24. The number of hydrogen-bond acceptors (Lipinski definition) is 2. The van der Waals surface area contributed by atoms with E-state index in [-0.39, 0.29) is 5.41 Å². The average Bonchev–Trinajstić information content (AvgIpc) is 1.85. The molecule has 0 amide bonds. The van der Waals surface area contributed by atoms with E-state index in [0.29, 0.717) is 0 Å². The van der Waals surface area contributed by atoms with Gasteiger partial charge in [0.2, 0.25) is 0 Å². The first-order valence-corrected chi connectivity index (χ1v) is 4.67. The summed E-state index contributed by atoms with van der Waals surface area (Å²) in [6.45, 7) is 11.8. The molecule has 2 heteroatoms. The van der Waals surface area contributed by atoms with Gasteiger partial charge in [-0.15, -0.1) is 0 Å². The molecule has 0 saturated heterocycles. The van der Waals surface area contributed by atoms with Gasteiger partial charge < -0.3 is 10.1 Å². The third-order valence-electron chi connectivity index (χ3n) is 1.69. The first-order chi connectivity index (χ1) is 5.48. The number of nitrogens with one attached hydrogen (secondary N) is 1. The lowest BCUT2D eigenvalue weighted by molar-refractivity contribution is 0.103. The van der Waals surface area contributed by atoms with Crippen LogP contribution >= 0.6 is 0 Å². The van der Waals surface area contributed by atoms with Crippen LogP contribution in [-0.2, 0) is 4.74 Å². The summed E-state index contributed by atoms with van der Waals surface area (Å²) < 4.78 is 5.12. The van der Waals surface area contributed by atoms with Crippen LogP contribution in [0.15, 0.2) is 0 Å². The van der Waals surface area contributed by atoms with Crippen molar-refractivity contribution >= 4 is 0 Å². The molecule has 0 aliphatic rings. The Morgan fingerprint density at radius 1 is 1.33 bits per heavy atom. The maximum atomic E-state index is 5.12. The Balaban J connectivity index is 3.46. The lowest BCUT2D eigenvalue weighted by Crippen LogP contribution is -2.34. The second-order valence-corrected chi connectivity index (χ2v) is 4.62. The predicted molar refractivity (Wildman–Crippen MR) is 53.4 cm³/mol. The smallest absolute Gasteiger partial charge is 0.0525 e. The fraction of sp³-hybridized carbons (Fsp3) is 1.00. The summed E-state index contributed by atoms with van der Waals surface area (Å²) in [5, 5.41) is 3.43. The minimum absolute atomic E-state index is 0.254. The number of hydrogen-bond donors (Lipinski definition) is 1. The van der Waals surface area contributed by atoms with E-state index in [1.54, 1.807) is 7.11 Å². The molecule has 74 valence electrons. The van der Waals surface area contributed by atoms with Gasteiger partial charge >= 0.3 is 0 Å². The highest BCUT2D eigenvalue weighted by molar-refractivity contribution is 4.70. The van der Waals surface area contributed by atoms with Gasteiger partial charge in [0.25, 0.3) is 0 Å². The largest absolute Gasteiger partial charge is 0.384 e. The minimum Gasteiger partial charge on any atom is -0.384 e. The topological polar surface area (TPSA) is 21.3 Å². The second kappa shape index (κ2) is 5.55. The van der Waals surface area contributed by atoms with E-state index in [0.717, 1.165) is 25.6 Å². The average molecular weight is 173 g/mol. The Morgan fingerprint density at radius 2 is 1.92 bits per heavy atom. The molecule has 0 aromatic heterocycles. The molecule has 0 bridgehead atoms. The summed E-state index contributed by atoms with van der Waals surface area (Å²) in [6, 6.07) is 0. The zero-order valence-corrected chi connectivity index (χ0v) is 9.11. The zero-order chi connectivity index (χ0) is 9.61. The molecule has 0 aromatic carbocycles. The molecule has 0 spiro atoms.